The zero-order valence-electron chi connectivity index (χ0n) is 12.1. The maximum absolute atomic E-state index is 11.9. The second-order valence-corrected chi connectivity index (χ2v) is 7.37. The highest BCUT2D eigenvalue weighted by atomic mass is 16.1. The molecule has 0 aliphatic carbocycles. The third kappa shape index (κ3) is 1.97. The fraction of sp³-hybridized carbons (Fsp3) is 0.938. The molecule has 0 radical (unpaired) electrons. The van der Waals surface area contributed by atoms with E-state index in [2.05, 4.69) is 16.7 Å². The van der Waals surface area contributed by atoms with Crippen LogP contribution in [0.2, 0.25) is 0 Å². The van der Waals surface area contributed by atoms with E-state index in [0.717, 1.165) is 30.7 Å². The van der Waals surface area contributed by atoms with E-state index in [1.807, 2.05) is 0 Å². The molecule has 4 fully saturated rings. The predicted molar refractivity (Wildman–Crippen MR) is 75.0 cm³/mol. The molecule has 0 saturated carbocycles. The minimum Gasteiger partial charge on any atom is -0.300 e. The average molecular weight is 262 g/mol. The monoisotopic (exact) mass is 262 g/mol. The first kappa shape index (κ1) is 12.3. The largest absolute Gasteiger partial charge is 0.300 e. The molecule has 3 nitrogen and oxygen atoms in total. The lowest BCUT2D eigenvalue weighted by Crippen LogP contribution is -2.65. The SMILES string of the molecule is C[C@H]1CC(=O)C[C@@H]2C3CC(CN21)[C@@H]1CCCCN1C3. The number of carbonyl (C=O) groups excluding carboxylic acids is 1. The third-order valence-electron chi connectivity index (χ3n) is 6.22. The Kier molecular flexibility index (Phi) is 2.96. The van der Waals surface area contributed by atoms with Crippen molar-refractivity contribution < 1.29 is 4.79 Å². The maximum Gasteiger partial charge on any atom is 0.136 e. The van der Waals surface area contributed by atoms with Crippen LogP contribution in [0, 0.1) is 11.8 Å². The number of piperidine rings is 4. The lowest BCUT2D eigenvalue weighted by molar-refractivity contribution is -0.134. The highest BCUT2D eigenvalue weighted by Gasteiger charge is 2.48. The van der Waals surface area contributed by atoms with Crippen LogP contribution in [0.5, 0.6) is 0 Å². The van der Waals surface area contributed by atoms with Gasteiger partial charge in [0, 0.05) is 44.1 Å². The van der Waals surface area contributed by atoms with Gasteiger partial charge < -0.3 is 0 Å². The standard InChI is InChI=1S/C16H26N2O/c1-11-6-14(19)8-16-12-7-13(10-18(11)16)15-4-2-3-5-17(15)9-12/h11-13,15-16H,2-10H2,1H3/t11-,12?,13?,15-,16+/m0/s1. The van der Waals surface area contributed by atoms with Gasteiger partial charge in [-0.2, -0.15) is 0 Å². The molecule has 19 heavy (non-hydrogen) atoms. The van der Waals surface area contributed by atoms with Crippen LogP contribution in [0.25, 0.3) is 0 Å². The molecule has 106 valence electrons. The highest BCUT2D eigenvalue weighted by Crippen LogP contribution is 2.43. The Morgan fingerprint density at radius 2 is 1.89 bits per heavy atom. The zero-order chi connectivity index (χ0) is 13.0. The van der Waals surface area contributed by atoms with Gasteiger partial charge in [0.25, 0.3) is 0 Å². The summed E-state index contributed by atoms with van der Waals surface area (Å²) in [5.74, 6) is 2.15. The van der Waals surface area contributed by atoms with Crippen molar-refractivity contribution in [3.63, 3.8) is 0 Å². The van der Waals surface area contributed by atoms with Crippen LogP contribution in [0.15, 0.2) is 0 Å². The summed E-state index contributed by atoms with van der Waals surface area (Å²) in [7, 11) is 0. The molecule has 0 N–H and O–H groups in total. The van der Waals surface area contributed by atoms with Gasteiger partial charge in [-0.15, -0.1) is 0 Å². The van der Waals surface area contributed by atoms with Gasteiger partial charge in [-0.05, 0) is 44.6 Å². The van der Waals surface area contributed by atoms with Gasteiger partial charge in [-0.25, -0.2) is 0 Å². The quantitative estimate of drug-likeness (QED) is 0.666. The topological polar surface area (TPSA) is 23.6 Å². The summed E-state index contributed by atoms with van der Waals surface area (Å²) in [6.45, 7) is 6.11. The summed E-state index contributed by atoms with van der Waals surface area (Å²) in [6.07, 6.45) is 7.26. The molecular formula is C16H26N2O. The summed E-state index contributed by atoms with van der Waals surface area (Å²) in [5, 5.41) is 0. The van der Waals surface area contributed by atoms with Crippen LogP contribution in [0.3, 0.4) is 0 Å². The van der Waals surface area contributed by atoms with Crippen molar-refractivity contribution >= 4 is 5.78 Å². The van der Waals surface area contributed by atoms with Crippen LogP contribution in [-0.2, 0) is 4.79 Å². The Labute approximate surface area is 116 Å². The molecule has 2 bridgehead atoms. The number of carbonyl (C=O) groups is 1. The third-order valence-corrected chi connectivity index (χ3v) is 6.22. The summed E-state index contributed by atoms with van der Waals surface area (Å²) in [6, 6.07) is 1.91. The fourth-order valence-electron chi connectivity index (χ4n) is 5.41. The first-order chi connectivity index (χ1) is 9.22. The number of Topliss-reactive ketones (excluding diaryl/α,β-unsaturated/α-hetero) is 1. The number of ketones is 1. The molecule has 4 rings (SSSR count). The molecule has 3 heteroatoms. The second-order valence-electron chi connectivity index (χ2n) is 7.37. The van der Waals surface area contributed by atoms with Gasteiger partial charge in [0.2, 0.25) is 0 Å². The molecule has 4 heterocycles. The summed E-state index contributed by atoms with van der Waals surface area (Å²) < 4.78 is 0. The number of hydrogen-bond acceptors (Lipinski definition) is 3. The molecule has 4 saturated heterocycles. The maximum atomic E-state index is 11.9. The van der Waals surface area contributed by atoms with Gasteiger partial charge in [0.05, 0.1) is 0 Å². The Hall–Kier alpha value is -0.410. The van der Waals surface area contributed by atoms with Crippen molar-refractivity contribution in [2.24, 2.45) is 11.8 Å². The van der Waals surface area contributed by atoms with E-state index < -0.39 is 0 Å². The molecule has 4 aliphatic heterocycles. The number of hydrogen-bond donors (Lipinski definition) is 0. The summed E-state index contributed by atoms with van der Waals surface area (Å²) >= 11 is 0. The summed E-state index contributed by atoms with van der Waals surface area (Å²) in [5.41, 5.74) is 0. The second kappa shape index (κ2) is 4.56. The molecular weight excluding hydrogens is 236 g/mol. The van der Waals surface area contributed by atoms with Crippen LogP contribution >= 0.6 is 0 Å². The average Bonchev–Trinajstić information content (AvgIpc) is 2.40. The Balaban J connectivity index is 1.59. The van der Waals surface area contributed by atoms with Crippen LogP contribution in [-0.4, -0.2) is 53.3 Å². The smallest absolute Gasteiger partial charge is 0.136 e. The minimum atomic E-state index is 0.492. The van der Waals surface area contributed by atoms with E-state index in [1.54, 1.807) is 0 Å². The number of rotatable bonds is 0. The molecule has 5 atom stereocenters. The van der Waals surface area contributed by atoms with Crippen LogP contribution < -0.4 is 0 Å². The molecule has 0 amide bonds. The van der Waals surface area contributed by atoms with Crippen molar-refractivity contribution in [1.29, 1.82) is 0 Å². The zero-order valence-corrected chi connectivity index (χ0v) is 12.1. The number of fused-ring (bicyclic) bond motifs is 6. The van der Waals surface area contributed by atoms with Gasteiger partial charge in [-0.1, -0.05) is 6.42 Å². The molecule has 2 unspecified atom stereocenters. The van der Waals surface area contributed by atoms with Crippen molar-refractivity contribution in [2.75, 3.05) is 19.6 Å². The van der Waals surface area contributed by atoms with E-state index in [1.165, 1.54) is 45.3 Å². The normalized spacial score (nSPS) is 47.6. The van der Waals surface area contributed by atoms with Gasteiger partial charge >= 0.3 is 0 Å². The first-order valence-corrected chi connectivity index (χ1v) is 8.24. The van der Waals surface area contributed by atoms with Crippen molar-refractivity contribution in [3.05, 3.63) is 0 Å². The van der Waals surface area contributed by atoms with Crippen LogP contribution in [0.1, 0.15) is 45.4 Å². The van der Waals surface area contributed by atoms with Crippen molar-refractivity contribution in [1.82, 2.24) is 9.80 Å². The van der Waals surface area contributed by atoms with Crippen molar-refractivity contribution in [3.8, 4) is 0 Å². The van der Waals surface area contributed by atoms with Gasteiger partial charge in [0.1, 0.15) is 5.78 Å². The van der Waals surface area contributed by atoms with E-state index >= 15 is 0 Å². The molecule has 0 aromatic carbocycles. The van der Waals surface area contributed by atoms with Crippen molar-refractivity contribution in [2.45, 2.75) is 63.6 Å². The van der Waals surface area contributed by atoms with E-state index in [-0.39, 0.29) is 0 Å². The first-order valence-electron chi connectivity index (χ1n) is 8.24. The lowest BCUT2D eigenvalue weighted by atomic mass is 9.70. The van der Waals surface area contributed by atoms with Gasteiger partial charge in [0.15, 0.2) is 0 Å². The molecule has 0 spiro atoms. The number of nitrogens with zero attached hydrogens (tertiary/aromatic N) is 2. The summed E-state index contributed by atoms with van der Waals surface area (Å²) in [4.78, 5) is 17.4. The highest BCUT2D eigenvalue weighted by molar-refractivity contribution is 5.80. The Bertz CT molecular complexity index is 383. The van der Waals surface area contributed by atoms with E-state index in [0.29, 0.717) is 17.9 Å². The van der Waals surface area contributed by atoms with Crippen LogP contribution in [0.4, 0.5) is 0 Å². The lowest BCUT2D eigenvalue weighted by Gasteiger charge is -2.58. The Morgan fingerprint density at radius 3 is 2.79 bits per heavy atom. The van der Waals surface area contributed by atoms with Gasteiger partial charge in [-0.3, -0.25) is 14.6 Å². The fourth-order valence-corrected chi connectivity index (χ4v) is 5.41. The predicted octanol–water partition coefficient (Wildman–Crippen LogP) is 1.91. The van der Waals surface area contributed by atoms with E-state index in [4.69, 9.17) is 0 Å². The van der Waals surface area contributed by atoms with E-state index in [9.17, 15) is 4.79 Å². The Morgan fingerprint density at radius 1 is 1.05 bits per heavy atom. The molecule has 4 aliphatic rings. The molecule has 0 aromatic heterocycles. The minimum absolute atomic E-state index is 0.492. The molecule has 0 aromatic rings.